The molecule has 5 heterocycles. The van der Waals surface area contributed by atoms with E-state index in [-0.39, 0.29) is 29.4 Å². The first-order valence-corrected chi connectivity index (χ1v) is 11.9. The molecule has 0 aliphatic heterocycles. The Morgan fingerprint density at radius 2 is 1.80 bits per heavy atom. The van der Waals surface area contributed by atoms with Crippen LogP contribution in [0.3, 0.4) is 0 Å². The van der Waals surface area contributed by atoms with E-state index in [4.69, 9.17) is 9.47 Å². The fraction of sp³-hybridized carbons (Fsp3) is 0.320. The zero-order valence-electron chi connectivity index (χ0n) is 20.8. The van der Waals surface area contributed by atoms with Crippen LogP contribution < -0.4 is 9.47 Å². The number of aromatic nitrogens is 7. The largest absolute Gasteiger partial charge is 0.480 e. The van der Waals surface area contributed by atoms with E-state index in [2.05, 4.69) is 25.0 Å². The van der Waals surface area contributed by atoms with Gasteiger partial charge < -0.3 is 13.9 Å². The van der Waals surface area contributed by atoms with Crippen LogP contribution in [-0.2, 0) is 12.6 Å². The van der Waals surface area contributed by atoms with Crippen molar-refractivity contribution in [3.8, 4) is 23.1 Å². The standard InChI is InChI=1S/C25H19F6N7O2/c1-39-22-16(10-33-23(35-22)40-2)17-8-15(21-32-5-6-38(21)36-17)14-7-13(14)12-3-4-19-34-20(25(29,30)31)18(37(19)11-12)9-24(26,27)28/h3-6,8,10-11,13-14H,7,9H2,1-2H3/t13-,14+/m1/s1. The van der Waals surface area contributed by atoms with Crippen molar-refractivity contribution in [3.63, 3.8) is 0 Å². The molecule has 9 nitrogen and oxygen atoms in total. The van der Waals surface area contributed by atoms with E-state index in [1.165, 1.54) is 32.7 Å². The summed E-state index contributed by atoms with van der Waals surface area (Å²) in [6.07, 6.45) is -4.96. The second-order valence-corrected chi connectivity index (χ2v) is 9.30. The number of nitrogens with zero attached hydrogens (tertiary/aromatic N) is 7. The summed E-state index contributed by atoms with van der Waals surface area (Å²) in [6, 6.07) is 4.83. The molecule has 0 amide bonds. The number of methoxy groups -OCH3 is 2. The van der Waals surface area contributed by atoms with Crippen molar-refractivity contribution in [2.45, 2.75) is 37.0 Å². The molecule has 0 radical (unpaired) electrons. The number of ether oxygens (including phenoxy) is 2. The molecule has 208 valence electrons. The molecule has 0 aromatic carbocycles. The zero-order chi connectivity index (χ0) is 28.4. The van der Waals surface area contributed by atoms with Gasteiger partial charge in [-0.1, -0.05) is 6.07 Å². The highest BCUT2D eigenvalue weighted by molar-refractivity contribution is 5.68. The molecule has 15 heteroatoms. The molecule has 2 atom stereocenters. The Labute approximate surface area is 221 Å². The quantitative estimate of drug-likeness (QED) is 0.261. The number of imidazole rings is 2. The average Bonchev–Trinajstić information content (AvgIpc) is 3.41. The van der Waals surface area contributed by atoms with E-state index >= 15 is 0 Å². The van der Waals surface area contributed by atoms with Crippen LogP contribution in [0.5, 0.6) is 11.9 Å². The summed E-state index contributed by atoms with van der Waals surface area (Å²) >= 11 is 0. The monoisotopic (exact) mass is 563 g/mol. The van der Waals surface area contributed by atoms with Crippen LogP contribution in [0, 0.1) is 0 Å². The van der Waals surface area contributed by atoms with E-state index in [0.29, 0.717) is 28.9 Å². The topological polar surface area (TPSA) is 91.7 Å². The van der Waals surface area contributed by atoms with E-state index in [1.807, 2.05) is 6.07 Å². The minimum Gasteiger partial charge on any atom is -0.480 e. The van der Waals surface area contributed by atoms with Gasteiger partial charge in [0.2, 0.25) is 5.88 Å². The molecule has 1 saturated carbocycles. The van der Waals surface area contributed by atoms with Gasteiger partial charge in [-0.15, -0.1) is 0 Å². The maximum atomic E-state index is 13.5. The lowest BCUT2D eigenvalue weighted by Crippen LogP contribution is -2.18. The Morgan fingerprint density at radius 3 is 2.50 bits per heavy atom. The zero-order valence-corrected chi connectivity index (χ0v) is 20.8. The Hall–Kier alpha value is -4.43. The summed E-state index contributed by atoms with van der Waals surface area (Å²) in [5, 5.41) is 4.58. The Balaban J connectivity index is 1.40. The number of hydrogen-bond acceptors (Lipinski definition) is 7. The maximum absolute atomic E-state index is 13.5. The second kappa shape index (κ2) is 9.06. The molecule has 40 heavy (non-hydrogen) atoms. The number of hydrogen-bond donors (Lipinski definition) is 0. The van der Waals surface area contributed by atoms with Crippen LogP contribution in [0.1, 0.15) is 40.8 Å². The average molecular weight is 563 g/mol. The molecule has 1 fully saturated rings. The summed E-state index contributed by atoms with van der Waals surface area (Å²) in [5.74, 6) is -0.0593. The minimum absolute atomic E-state index is 0.111. The fourth-order valence-electron chi connectivity index (χ4n) is 4.95. The molecule has 0 N–H and O–H groups in total. The predicted molar refractivity (Wildman–Crippen MR) is 127 cm³/mol. The lowest BCUT2D eigenvalue weighted by Gasteiger charge is -2.11. The number of fused-ring (bicyclic) bond motifs is 2. The summed E-state index contributed by atoms with van der Waals surface area (Å²) in [7, 11) is 2.87. The van der Waals surface area contributed by atoms with Crippen molar-refractivity contribution in [1.82, 2.24) is 34.0 Å². The van der Waals surface area contributed by atoms with Crippen LogP contribution in [-0.4, -0.2) is 54.3 Å². The minimum atomic E-state index is -5.03. The van der Waals surface area contributed by atoms with Crippen LogP contribution in [0.25, 0.3) is 22.6 Å². The molecular weight excluding hydrogens is 544 g/mol. The fourth-order valence-corrected chi connectivity index (χ4v) is 4.95. The van der Waals surface area contributed by atoms with Crippen molar-refractivity contribution in [1.29, 1.82) is 0 Å². The number of pyridine rings is 1. The lowest BCUT2D eigenvalue weighted by atomic mass is 10.0. The Morgan fingerprint density at radius 1 is 1.00 bits per heavy atom. The van der Waals surface area contributed by atoms with Gasteiger partial charge in [-0.25, -0.2) is 19.5 Å². The summed E-state index contributed by atoms with van der Waals surface area (Å²) in [6.45, 7) is 0. The van der Waals surface area contributed by atoms with Gasteiger partial charge in [0, 0.05) is 30.4 Å². The van der Waals surface area contributed by atoms with Gasteiger partial charge >= 0.3 is 18.4 Å². The second-order valence-electron chi connectivity index (χ2n) is 9.30. The van der Waals surface area contributed by atoms with Gasteiger partial charge in [-0.05, 0) is 36.0 Å². The van der Waals surface area contributed by atoms with E-state index in [0.717, 1.165) is 9.96 Å². The third-order valence-corrected chi connectivity index (χ3v) is 6.77. The van der Waals surface area contributed by atoms with Gasteiger partial charge in [0.05, 0.1) is 37.6 Å². The summed E-state index contributed by atoms with van der Waals surface area (Å²) in [4.78, 5) is 16.2. The Bertz CT molecular complexity index is 1740. The first kappa shape index (κ1) is 25.8. The molecule has 5 aromatic heterocycles. The number of alkyl halides is 6. The van der Waals surface area contributed by atoms with Gasteiger partial charge in [0.15, 0.2) is 11.3 Å². The summed E-state index contributed by atoms with van der Waals surface area (Å²) in [5.41, 5.74) is 0.249. The van der Waals surface area contributed by atoms with Crippen molar-refractivity contribution < 1.29 is 35.8 Å². The number of halogens is 6. The molecule has 6 rings (SSSR count). The third kappa shape index (κ3) is 4.54. The van der Waals surface area contributed by atoms with Crippen molar-refractivity contribution >= 4 is 11.3 Å². The van der Waals surface area contributed by atoms with Gasteiger partial charge in [-0.3, -0.25) is 0 Å². The normalized spacial score (nSPS) is 17.5. The van der Waals surface area contributed by atoms with Crippen molar-refractivity contribution in [3.05, 3.63) is 65.5 Å². The van der Waals surface area contributed by atoms with Gasteiger partial charge in [0.1, 0.15) is 5.65 Å². The first-order chi connectivity index (χ1) is 19.0. The maximum Gasteiger partial charge on any atom is 0.435 e. The molecule has 1 aliphatic rings. The highest BCUT2D eigenvalue weighted by Gasteiger charge is 2.44. The molecule has 0 bridgehead atoms. The van der Waals surface area contributed by atoms with E-state index < -0.39 is 30.2 Å². The van der Waals surface area contributed by atoms with Gasteiger partial charge in [-0.2, -0.15) is 36.4 Å². The van der Waals surface area contributed by atoms with Crippen LogP contribution >= 0.6 is 0 Å². The SMILES string of the molecule is COc1ncc(-c2cc([C@H]3C[C@@H]3c3ccc4nc(C(F)(F)F)c(CC(F)(F)F)n4c3)c3nccn3n2)c(OC)n1. The highest BCUT2D eigenvalue weighted by atomic mass is 19.4. The Kier molecular flexibility index (Phi) is 5.85. The van der Waals surface area contributed by atoms with E-state index in [9.17, 15) is 26.3 Å². The molecule has 0 spiro atoms. The molecule has 0 saturated heterocycles. The molecule has 0 unspecified atom stereocenters. The summed E-state index contributed by atoms with van der Waals surface area (Å²) < 4.78 is 93.1. The lowest BCUT2D eigenvalue weighted by molar-refractivity contribution is -0.146. The molecular formula is C25H19F6N7O2. The van der Waals surface area contributed by atoms with Crippen LogP contribution in [0.2, 0.25) is 0 Å². The van der Waals surface area contributed by atoms with Crippen molar-refractivity contribution in [2.75, 3.05) is 14.2 Å². The van der Waals surface area contributed by atoms with Gasteiger partial charge in [0.25, 0.3) is 0 Å². The first-order valence-electron chi connectivity index (χ1n) is 11.9. The smallest absolute Gasteiger partial charge is 0.435 e. The predicted octanol–water partition coefficient (Wildman–Crippen LogP) is 5.25. The van der Waals surface area contributed by atoms with E-state index in [1.54, 1.807) is 23.0 Å². The van der Waals surface area contributed by atoms with Crippen LogP contribution in [0.15, 0.2) is 43.0 Å². The number of rotatable bonds is 6. The molecule has 1 aliphatic carbocycles. The van der Waals surface area contributed by atoms with Crippen molar-refractivity contribution in [2.24, 2.45) is 0 Å². The van der Waals surface area contributed by atoms with Crippen LogP contribution in [0.4, 0.5) is 26.3 Å². The third-order valence-electron chi connectivity index (χ3n) is 6.77. The molecule has 5 aromatic rings. The highest BCUT2D eigenvalue weighted by Crippen LogP contribution is 2.56.